The van der Waals surface area contributed by atoms with Crippen LogP contribution in [-0.4, -0.2) is 29.1 Å². The van der Waals surface area contributed by atoms with Gasteiger partial charge in [0.15, 0.2) is 6.61 Å². The maximum Gasteiger partial charge on any atom is 0.355 e. The molecule has 1 heterocycles. The first kappa shape index (κ1) is 15.6. The summed E-state index contributed by atoms with van der Waals surface area (Å²) in [5.74, 6) is 0.396. The molecule has 5 heteroatoms. The van der Waals surface area contributed by atoms with Crippen molar-refractivity contribution in [3.8, 4) is 0 Å². The zero-order chi connectivity index (χ0) is 15.4. The van der Waals surface area contributed by atoms with Crippen LogP contribution in [-0.2, 0) is 16.6 Å². The Hall–Kier alpha value is -1.78. The molecule has 5 nitrogen and oxygen atoms in total. The number of aromatic nitrogens is 1. The third kappa shape index (κ3) is 3.86. The van der Waals surface area contributed by atoms with Crippen LogP contribution in [0.15, 0.2) is 18.3 Å². The summed E-state index contributed by atoms with van der Waals surface area (Å²) in [6.07, 6.45) is 5.13. The number of esters is 1. The van der Waals surface area contributed by atoms with Gasteiger partial charge in [-0.1, -0.05) is 26.7 Å². The molecule has 1 N–H and O–H groups in total. The fourth-order valence-electron chi connectivity index (χ4n) is 2.91. The van der Waals surface area contributed by atoms with Crippen molar-refractivity contribution < 1.29 is 14.3 Å². The lowest BCUT2D eigenvalue weighted by molar-refractivity contribution is -0.125. The number of amides is 1. The minimum absolute atomic E-state index is 0.190. The number of nitrogens with one attached hydrogen (secondary N) is 1. The van der Waals surface area contributed by atoms with Crippen LogP contribution >= 0.6 is 0 Å². The van der Waals surface area contributed by atoms with Gasteiger partial charge in [-0.2, -0.15) is 0 Å². The van der Waals surface area contributed by atoms with Crippen molar-refractivity contribution in [2.75, 3.05) is 6.61 Å². The van der Waals surface area contributed by atoms with Crippen LogP contribution in [0.2, 0.25) is 0 Å². The van der Waals surface area contributed by atoms with E-state index in [0.29, 0.717) is 17.5 Å². The number of carbonyl (C=O) groups is 2. The summed E-state index contributed by atoms with van der Waals surface area (Å²) in [5, 5.41) is 2.99. The van der Waals surface area contributed by atoms with Gasteiger partial charge >= 0.3 is 5.97 Å². The highest BCUT2D eigenvalue weighted by Gasteiger charge is 2.28. The topological polar surface area (TPSA) is 60.3 Å². The second-order valence-electron chi connectivity index (χ2n) is 6.02. The number of rotatable bonds is 4. The molecular weight excluding hydrogens is 268 g/mol. The Labute approximate surface area is 125 Å². The quantitative estimate of drug-likeness (QED) is 0.865. The predicted molar refractivity (Wildman–Crippen MR) is 79.8 cm³/mol. The van der Waals surface area contributed by atoms with Gasteiger partial charge in [-0.15, -0.1) is 0 Å². The standard InChI is InChI=1S/C16H24N2O3/c1-11-6-4-7-13(12(11)2)17-15(19)10-21-16(20)14-8-5-9-18(14)3/h5,8-9,11-13H,4,6-7,10H2,1-3H3,(H,17,19). The lowest BCUT2D eigenvalue weighted by Gasteiger charge is -2.34. The molecule has 1 fully saturated rings. The Morgan fingerprint density at radius 3 is 2.81 bits per heavy atom. The van der Waals surface area contributed by atoms with E-state index < -0.39 is 5.97 Å². The van der Waals surface area contributed by atoms with Crippen LogP contribution < -0.4 is 5.32 Å². The summed E-state index contributed by atoms with van der Waals surface area (Å²) in [6.45, 7) is 4.17. The van der Waals surface area contributed by atoms with E-state index >= 15 is 0 Å². The zero-order valence-corrected chi connectivity index (χ0v) is 13.0. The lowest BCUT2D eigenvalue weighted by Crippen LogP contribution is -2.45. The van der Waals surface area contributed by atoms with Crippen molar-refractivity contribution in [3.63, 3.8) is 0 Å². The van der Waals surface area contributed by atoms with E-state index in [1.165, 1.54) is 6.42 Å². The fourth-order valence-corrected chi connectivity index (χ4v) is 2.91. The highest BCUT2D eigenvalue weighted by Crippen LogP contribution is 2.29. The van der Waals surface area contributed by atoms with Gasteiger partial charge in [-0.25, -0.2) is 4.79 Å². The second-order valence-corrected chi connectivity index (χ2v) is 6.02. The summed E-state index contributed by atoms with van der Waals surface area (Å²) in [6, 6.07) is 3.63. The summed E-state index contributed by atoms with van der Waals surface area (Å²) < 4.78 is 6.73. The largest absolute Gasteiger partial charge is 0.451 e. The van der Waals surface area contributed by atoms with Gasteiger partial charge in [0.25, 0.3) is 5.91 Å². The van der Waals surface area contributed by atoms with Gasteiger partial charge in [-0.3, -0.25) is 4.79 Å². The molecule has 1 amide bonds. The Morgan fingerprint density at radius 1 is 1.38 bits per heavy atom. The van der Waals surface area contributed by atoms with Crippen molar-refractivity contribution in [3.05, 3.63) is 24.0 Å². The maximum atomic E-state index is 11.9. The molecular formula is C16H24N2O3. The molecule has 0 aliphatic heterocycles. The number of aryl methyl sites for hydroxylation is 1. The van der Waals surface area contributed by atoms with E-state index in [-0.39, 0.29) is 18.6 Å². The first-order valence-corrected chi connectivity index (χ1v) is 7.57. The molecule has 1 aromatic rings. The number of carbonyl (C=O) groups excluding carboxylic acids is 2. The number of ether oxygens (including phenoxy) is 1. The highest BCUT2D eigenvalue weighted by atomic mass is 16.5. The third-order valence-corrected chi connectivity index (χ3v) is 4.54. The fraction of sp³-hybridized carbons (Fsp3) is 0.625. The van der Waals surface area contributed by atoms with Gasteiger partial charge in [0.1, 0.15) is 5.69 Å². The van der Waals surface area contributed by atoms with Crippen LogP contribution in [0.3, 0.4) is 0 Å². The Balaban J connectivity index is 1.80. The Bertz CT molecular complexity index is 509. The van der Waals surface area contributed by atoms with Gasteiger partial charge in [-0.05, 0) is 30.4 Å². The molecule has 116 valence electrons. The predicted octanol–water partition coefficient (Wildman–Crippen LogP) is 2.12. The summed E-state index contributed by atoms with van der Waals surface area (Å²) >= 11 is 0. The van der Waals surface area contributed by atoms with E-state index in [1.54, 1.807) is 29.9 Å². The van der Waals surface area contributed by atoms with E-state index in [9.17, 15) is 9.59 Å². The van der Waals surface area contributed by atoms with Crippen LogP contribution in [0.4, 0.5) is 0 Å². The zero-order valence-electron chi connectivity index (χ0n) is 13.0. The Kier molecular flexibility index (Phi) is 5.04. The minimum atomic E-state index is -0.470. The van der Waals surface area contributed by atoms with Crippen LogP contribution in [0.25, 0.3) is 0 Å². The van der Waals surface area contributed by atoms with Crippen LogP contribution in [0.1, 0.15) is 43.6 Å². The van der Waals surface area contributed by atoms with Crippen LogP contribution in [0, 0.1) is 11.8 Å². The van der Waals surface area contributed by atoms with Crippen molar-refractivity contribution >= 4 is 11.9 Å². The second kappa shape index (κ2) is 6.78. The average molecular weight is 292 g/mol. The third-order valence-electron chi connectivity index (χ3n) is 4.54. The summed E-state index contributed by atoms with van der Waals surface area (Å²) in [4.78, 5) is 23.7. The molecule has 0 saturated heterocycles. The van der Waals surface area contributed by atoms with Crippen molar-refractivity contribution in [2.45, 2.75) is 39.2 Å². The van der Waals surface area contributed by atoms with E-state index in [2.05, 4.69) is 19.2 Å². The van der Waals surface area contributed by atoms with E-state index in [4.69, 9.17) is 4.74 Å². The molecule has 1 saturated carbocycles. The van der Waals surface area contributed by atoms with Crippen molar-refractivity contribution in [2.24, 2.45) is 18.9 Å². The molecule has 0 bridgehead atoms. The molecule has 1 aliphatic rings. The first-order valence-electron chi connectivity index (χ1n) is 7.57. The smallest absolute Gasteiger partial charge is 0.355 e. The minimum Gasteiger partial charge on any atom is -0.451 e. The molecule has 2 rings (SSSR count). The van der Waals surface area contributed by atoms with Crippen molar-refractivity contribution in [1.82, 2.24) is 9.88 Å². The first-order chi connectivity index (χ1) is 9.99. The summed E-state index contributed by atoms with van der Waals surface area (Å²) in [5.41, 5.74) is 0.447. The Morgan fingerprint density at radius 2 is 2.14 bits per heavy atom. The maximum absolute atomic E-state index is 11.9. The van der Waals surface area contributed by atoms with Gasteiger partial charge < -0.3 is 14.6 Å². The molecule has 21 heavy (non-hydrogen) atoms. The number of nitrogens with zero attached hydrogens (tertiary/aromatic N) is 1. The molecule has 1 aromatic heterocycles. The van der Waals surface area contributed by atoms with Crippen LogP contribution in [0.5, 0.6) is 0 Å². The van der Waals surface area contributed by atoms with E-state index in [1.807, 2.05) is 0 Å². The van der Waals surface area contributed by atoms with E-state index in [0.717, 1.165) is 12.8 Å². The summed E-state index contributed by atoms with van der Waals surface area (Å²) in [7, 11) is 1.77. The highest BCUT2D eigenvalue weighted by molar-refractivity contribution is 5.89. The molecule has 0 aromatic carbocycles. The molecule has 1 aliphatic carbocycles. The molecule has 0 spiro atoms. The number of hydrogen-bond acceptors (Lipinski definition) is 3. The monoisotopic (exact) mass is 292 g/mol. The molecule has 3 unspecified atom stereocenters. The number of hydrogen-bond donors (Lipinski definition) is 1. The normalized spacial score (nSPS) is 25.4. The van der Waals surface area contributed by atoms with Gasteiger partial charge in [0, 0.05) is 19.3 Å². The SMILES string of the molecule is CC1CCCC(NC(=O)COC(=O)c2cccn2C)C1C. The molecule has 3 atom stereocenters. The van der Waals surface area contributed by atoms with Crippen molar-refractivity contribution in [1.29, 1.82) is 0 Å². The van der Waals surface area contributed by atoms with Gasteiger partial charge in [0.2, 0.25) is 0 Å². The molecule has 0 radical (unpaired) electrons. The average Bonchev–Trinajstić information content (AvgIpc) is 2.87. The lowest BCUT2D eigenvalue weighted by atomic mass is 9.78. The van der Waals surface area contributed by atoms with Gasteiger partial charge in [0.05, 0.1) is 0 Å².